The third kappa shape index (κ3) is 9.97. The molecule has 13 nitrogen and oxygen atoms in total. The van der Waals surface area contributed by atoms with Crippen molar-refractivity contribution in [1.82, 2.24) is 15.0 Å². The van der Waals surface area contributed by atoms with Gasteiger partial charge in [-0.3, -0.25) is 0 Å². The lowest BCUT2D eigenvalue weighted by Crippen LogP contribution is -2.26. The number of carboxylic acid groups (broad SMARTS) is 2. The van der Waals surface area contributed by atoms with Gasteiger partial charge in [0.2, 0.25) is 0 Å². The molecule has 13 heteroatoms. The topological polar surface area (TPSA) is 213 Å². The monoisotopic (exact) mass is 689 g/mol. The molecule has 0 fully saturated rings. The van der Waals surface area contributed by atoms with Crippen molar-refractivity contribution in [3.8, 4) is 68.7 Å². The van der Waals surface area contributed by atoms with E-state index in [2.05, 4.69) is 28.8 Å². The molecule has 4 rings (SSSR count). The molecule has 0 saturated heterocycles. The fourth-order valence-corrected chi connectivity index (χ4v) is 5.30. The number of unbranched alkanes of at least 4 members (excludes halogenated alkanes) is 6. The van der Waals surface area contributed by atoms with Gasteiger partial charge in [0.25, 0.3) is 0 Å². The minimum Gasteiger partial charge on any atom is -0.508 e. The Morgan fingerprint density at radius 2 is 0.940 bits per heavy atom. The van der Waals surface area contributed by atoms with Crippen LogP contribution in [0.4, 0.5) is 0 Å². The maximum atomic E-state index is 11.8. The molecule has 0 saturated carbocycles. The van der Waals surface area contributed by atoms with Crippen molar-refractivity contribution in [1.29, 1.82) is 0 Å². The summed E-state index contributed by atoms with van der Waals surface area (Å²) in [6, 6.07) is 12.2. The van der Waals surface area contributed by atoms with E-state index >= 15 is 0 Å². The number of ether oxygens (including phenoxy) is 2. The number of aromatic hydroxyl groups is 4. The Balaban J connectivity index is 1.69. The number of benzene rings is 3. The number of carbonyl (C=O) groups is 2. The van der Waals surface area contributed by atoms with Gasteiger partial charge in [0.1, 0.15) is 34.5 Å². The molecule has 1 aromatic heterocycles. The summed E-state index contributed by atoms with van der Waals surface area (Å²) in [4.78, 5) is 37.0. The number of aromatic nitrogens is 3. The highest BCUT2D eigenvalue weighted by Gasteiger charge is 2.23. The molecule has 2 unspecified atom stereocenters. The highest BCUT2D eigenvalue weighted by Crippen LogP contribution is 2.38. The van der Waals surface area contributed by atoms with Crippen LogP contribution < -0.4 is 9.47 Å². The van der Waals surface area contributed by atoms with Crippen LogP contribution in [0.2, 0.25) is 0 Å². The molecule has 50 heavy (non-hydrogen) atoms. The van der Waals surface area contributed by atoms with Gasteiger partial charge in [-0.1, -0.05) is 52.4 Å². The number of phenolic OH excluding ortho intramolecular Hbond substituents is 4. The average Bonchev–Trinajstić information content (AvgIpc) is 3.07. The predicted octanol–water partition coefficient (Wildman–Crippen LogP) is 7.30. The normalized spacial score (nSPS) is 12.3. The molecule has 1 heterocycles. The molecule has 0 amide bonds. The smallest absolute Gasteiger partial charge is 0.344 e. The van der Waals surface area contributed by atoms with Crippen LogP contribution in [-0.4, -0.2) is 69.7 Å². The quantitative estimate of drug-likeness (QED) is 0.0534. The molecular formula is C37H43N3O10. The third-order valence-electron chi connectivity index (χ3n) is 8.03. The molecule has 3 aromatic carbocycles. The Morgan fingerprint density at radius 1 is 0.560 bits per heavy atom. The van der Waals surface area contributed by atoms with E-state index in [9.17, 15) is 40.2 Å². The first-order chi connectivity index (χ1) is 24.0. The number of rotatable bonds is 19. The van der Waals surface area contributed by atoms with Crippen molar-refractivity contribution in [3.63, 3.8) is 0 Å². The fourth-order valence-electron chi connectivity index (χ4n) is 5.30. The van der Waals surface area contributed by atoms with Crippen LogP contribution in [-0.2, 0) is 9.59 Å². The highest BCUT2D eigenvalue weighted by molar-refractivity contribution is 5.76. The van der Waals surface area contributed by atoms with Crippen molar-refractivity contribution in [2.24, 2.45) is 0 Å². The molecule has 0 aliphatic rings. The first-order valence-corrected chi connectivity index (χ1v) is 16.7. The Bertz CT molecular complexity index is 1680. The highest BCUT2D eigenvalue weighted by atomic mass is 16.5. The van der Waals surface area contributed by atoms with Gasteiger partial charge in [0.15, 0.2) is 29.7 Å². The SMILES string of the molecule is CCCCCCC(Oc1ccc(-c2nc(-c3ccc(O)cc3O)nc(-c3ccc(OC(CCCCCC)C(=O)O)cc3O)n2)c(O)c1)C(=O)O. The van der Waals surface area contributed by atoms with Gasteiger partial charge in [-0.05, 0) is 62.1 Å². The van der Waals surface area contributed by atoms with Crippen LogP contribution in [0, 0.1) is 0 Å². The van der Waals surface area contributed by atoms with Gasteiger partial charge >= 0.3 is 11.9 Å². The predicted molar refractivity (Wildman–Crippen MR) is 184 cm³/mol. The van der Waals surface area contributed by atoms with E-state index in [1.54, 1.807) is 0 Å². The first-order valence-electron chi connectivity index (χ1n) is 16.7. The van der Waals surface area contributed by atoms with Gasteiger partial charge in [-0.15, -0.1) is 0 Å². The van der Waals surface area contributed by atoms with Crippen LogP contribution in [0.1, 0.15) is 78.1 Å². The Morgan fingerprint density at radius 3 is 1.28 bits per heavy atom. The molecule has 4 aromatic rings. The average molecular weight is 690 g/mol. The fraction of sp³-hybridized carbons (Fsp3) is 0.378. The molecule has 0 bridgehead atoms. The summed E-state index contributed by atoms with van der Waals surface area (Å²) in [6.07, 6.45) is 5.48. The standard InChI is InChI=1S/C37H43N3O10/c1-3-5-7-9-11-31(36(45)46)49-23-14-17-26(29(43)20-23)34-38-33(25-16-13-22(41)19-28(25)42)39-35(40-34)27-18-15-24(21-30(27)44)50-32(37(47)48)12-10-8-6-4-2/h13-21,31-32,41-44H,3-12H2,1-2H3,(H,45,46)(H,47,48). The summed E-state index contributed by atoms with van der Waals surface area (Å²) in [5, 5.41) is 61.9. The number of nitrogens with zero attached hydrogens (tertiary/aromatic N) is 3. The summed E-state index contributed by atoms with van der Waals surface area (Å²) in [5.41, 5.74) is 0.343. The van der Waals surface area contributed by atoms with E-state index in [1.165, 1.54) is 48.5 Å². The zero-order valence-corrected chi connectivity index (χ0v) is 28.1. The van der Waals surface area contributed by atoms with E-state index < -0.39 is 24.1 Å². The van der Waals surface area contributed by atoms with E-state index in [-0.39, 0.29) is 68.7 Å². The Labute approximate surface area is 289 Å². The molecule has 0 radical (unpaired) electrons. The molecule has 266 valence electrons. The first kappa shape index (κ1) is 37.2. The number of aliphatic carboxylic acids is 2. The second-order valence-electron chi connectivity index (χ2n) is 12.0. The van der Waals surface area contributed by atoms with Crippen molar-refractivity contribution >= 4 is 11.9 Å². The number of phenols is 4. The van der Waals surface area contributed by atoms with Gasteiger partial charge in [0, 0.05) is 18.2 Å². The number of carboxylic acids is 2. The molecular weight excluding hydrogens is 646 g/mol. The van der Waals surface area contributed by atoms with Gasteiger partial charge in [-0.2, -0.15) is 0 Å². The van der Waals surface area contributed by atoms with Gasteiger partial charge < -0.3 is 40.1 Å². The van der Waals surface area contributed by atoms with Gasteiger partial charge in [-0.25, -0.2) is 24.5 Å². The summed E-state index contributed by atoms with van der Waals surface area (Å²) in [5.74, 6) is -3.37. The molecule has 0 spiro atoms. The van der Waals surface area contributed by atoms with Crippen LogP contribution >= 0.6 is 0 Å². The maximum absolute atomic E-state index is 11.8. The summed E-state index contributed by atoms with van der Waals surface area (Å²) in [6.45, 7) is 4.12. The van der Waals surface area contributed by atoms with E-state index in [0.29, 0.717) is 25.7 Å². The van der Waals surface area contributed by atoms with Crippen molar-refractivity contribution in [3.05, 3.63) is 54.6 Å². The van der Waals surface area contributed by atoms with Gasteiger partial charge in [0.05, 0.1) is 16.7 Å². The molecule has 0 aliphatic heterocycles. The van der Waals surface area contributed by atoms with E-state index in [4.69, 9.17) is 9.47 Å². The zero-order chi connectivity index (χ0) is 36.2. The van der Waals surface area contributed by atoms with Crippen LogP contribution in [0.5, 0.6) is 34.5 Å². The van der Waals surface area contributed by atoms with Crippen LogP contribution in [0.25, 0.3) is 34.2 Å². The molecule has 6 N–H and O–H groups in total. The van der Waals surface area contributed by atoms with Crippen LogP contribution in [0.15, 0.2) is 54.6 Å². The maximum Gasteiger partial charge on any atom is 0.344 e. The third-order valence-corrected chi connectivity index (χ3v) is 8.03. The number of hydrogen-bond acceptors (Lipinski definition) is 11. The van der Waals surface area contributed by atoms with Crippen molar-refractivity contribution in [2.45, 2.75) is 90.3 Å². The lowest BCUT2D eigenvalue weighted by molar-refractivity contribution is -0.146. The minimum atomic E-state index is -1.12. The second-order valence-corrected chi connectivity index (χ2v) is 12.0. The lowest BCUT2D eigenvalue weighted by atomic mass is 10.1. The van der Waals surface area contributed by atoms with Crippen molar-refractivity contribution < 1.29 is 49.7 Å². The minimum absolute atomic E-state index is 0.0574. The Kier molecular flexibility index (Phi) is 13.2. The molecule has 0 aliphatic carbocycles. The van der Waals surface area contributed by atoms with E-state index in [0.717, 1.165) is 44.6 Å². The largest absolute Gasteiger partial charge is 0.508 e. The Hall–Kier alpha value is -5.59. The zero-order valence-electron chi connectivity index (χ0n) is 28.1. The second kappa shape index (κ2) is 17.7. The summed E-state index contributed by atoms with van der Waals surface area (Å²) in [7, 11) is 0. The number of hydrogen-bond donors (Lipinski definition) is 6. The lowest BCUT2D eigenvalue weighted by Gasteiger charge is -2.17. The molecule has 2 atom stereocenters. The van der Waals surface area contributed by atoms with Crippen LogP contribution in [0.3, 0.4) is 0 Å². The van der Waals surface area contributed by atoms with E-state index in [1.807, 2.05) is 0 Å². The summed E-state index contributed by atoms with van der Waals surface area (Å²) < 4.78 is 11.4. The summed E-state index contributed by atoms with van der Waals surface area (Å²) >= 11 is 0. The van der Waals surface area contributed by atoms with Crippen molar-refractivity contribution in [2.75, 3.05) is 0 Å².